The molecular weight excluding hydrogens is 656 g/mol. The lowest BCUT2D eigenvalue weighted by Gasteiger charge is -2.52. The van der Waals surface area contributed by atoms with Crippen molar-refractivity contribution in [3.05, 3.63) is 41.2 Å². The van der Waals surface area contributed by atoms with Gasteiger partial charge in [-0.15, -0.1) is 12.4 Å². The summed E-state index contributed by atoms with van der Waals surface area (Å²) in [6.07, 6.45) is 6.93. The average molecular weight is 709 g/mol. The highest BCUT2D eigenvalue weighted by atomic mass is 35.5. The van der Waals surface area contributed by atoms with E-state index in [1.807, 2.05) is 23.4 Å². The Kier molecular flexibility index (Phi) is 12.7. The van der Waals surface area contributed by atoms with Gasteiger partial charge in [-0.05, 0) is 76.1 Å². The number of carbonyl (C=O) groups excluding carboxylic acids is 2. The van der Waals surface area contributed by atoms with Gasteiger partial charge in [-0.1, -0.05) is 32.6 Å². The number of piperidine rings is 1. The second-order valence-corrected chi connectivity index (χ2v) is 15.6. The van der Waals surface area contributed by atoms with Crippen molar-refractivity contribution in [3.8, 4) is 5.69 Å². The predicted molar refractivity (Wildman–Crippen MR) is 186 cm³/mol. The average Bonchev–Trinajstić information content (AvgIpc) is 3.36. The summed E-state index contributed by atoms with van der Waals surface area (Å²) in [6, 6.07) is 5.69. The molecule has 14 heteroatoms. The van der Waals surface area contributed by atoms with Gasteiger partial charge in [0.1, 0.15) is 11.6 Å². The van der Waals surface area contributed by atoms with E-state index in [0.29, 0.717) is 39.0 Å². The summed E-state index contributed by atoms with van der Waals surface area (Å²) in [7, 11) is -2.26. The van der Waals surface area contributed by atoms with Crippen molar-refractivity contribution < 1.29 is 28.2 Å². The molecule has 2 saturated heterocycles. The molecule has 1 spiro atoms. The molecule has 3 fully saturated rings. The minimum absolute atomic E-state index is 0. The SMILES string of the molecule is CCCCN1C(=O)[C@@H]([C@H](O)C2CCCCC2)NC(=O)C12CCN(Cc1c(C)nn(-c3ccc(S(=O)(=O)N(C)CCO)cc3)c1C)CC2.Cl. The van der Waals surface area contributed by atoms with Crippen molar-refractivity contribution in [2.24, 2.45) is 5.92 Å². The van der Waals surface area contributed by atoms with Crippen LogP contribution in [0.15, 0.2) is 29.2 Å². The highest BCUT2D eigenvalue weighted by molar-refractivity contribution is 7.89. The molecule has 3 aliphatic rings. The van der Waals surface area contributed by atoms with E-state index in [4.69, 9.17) is 10.2 Å². The lowest BCUT2D eigenvalue weighted by Crippen LogP contribution is -2.75. The van der Waals surface area contributed by atoms with Crippen LogP contribution in [0.25, 0.3) is 5.69 Å². The van der Waals surface area contributed by atoms with Crippen LogP contribution < -0.4 is 5.32 Å². The van der Waals surface area contributed by atoms with Gasteiger partial charge < -0.3 is 20.4 Å². The number of amides is 2. The monoisotopic (exact) mass is 708 g/mol. The zero-order valence-electron chi connectivity index (χ0n) is 28.7. The maximum absolute atomic E-state index is 14.0. The minimum atomic E-state index is -3.70. The van der Waals surface area contributed by atoms with Crippen LogP contribution in [0.1, 0.15) is 81.7 Å². The van der Waals surface area contributed by atoms with E-state index in [1.165, 1.54) is 7.05 Å². The first-order valence-corrected chi connectivity index (χ1v) is 18.6. The molecule has 1 aromatic heterocycles. The second-order valence-electron chi connectivity index (χ2n) is 13.6. The number of aliphatic hydroxyl groups is 2. The Labute approximate surface area is 291 Å². The van der Waals surface area contributed by atoms with Crippen molar-refractivity contribution in [1.82, 2.24) is 29.2 Å². The number of nitrogens with zero attached hydrogens (tertiary/aromatic N) is 5. The molecule has 3 heterocycles. The van der Waals surface area contributed by atoms with Crippen LogP contribution >= 0.6 is 12.4 Å². The maximum atomic E-state index is 14.0. The van der Waals surface area contributed by atoms with Gasteiger partial charge in [0.15, 0.2) is 0 Å². The number of aromatic nitrogens is 2. The largest absolute Gasteiger partial charge is 0.395 e. The summed E-state index contributed by atoms with van der Waals surface area (Å²) in [5.41, 5.74) is 2.73. The van der Waals surface area contributed by atoms with Gasteiger partial charge in [0.05, 0.1) is 29.0 Å². The Balaban J connectivity index is 0.00000520. The standard InChI is InChI=1S/C34H52N6O6S.ClH/c1-5-6-18-39-32(43)30(31(42)26-10-8-7-9-11-26)35-33(44)34(39)16-19-38(20-17-34)23-29-24(2)36-40(25(29)3)27-12-14-28(15-13-27)47(45,46)37(4)21-22-41;/h12-15,26,30-31,41-42H,5-11,16-23H2,1-4H3,(H,35,44);1H/t30-,31-;/m1./s1. The topological polar surface area (TPSA) is 148 Å². The molecular formula is C34H53ClN6O6S. The van der Waals surface area contributed by atoms with Crippen LogP contribution in [0.3, 0.4) is 0 Å². The molecule has 0 bridgehead atoms. The molecule has 5 rings (SSSR count). The van der Waals surface area contributed by atoms with E-state index in [2.05, 4.69) is 17.1 Å². The van der Waals surface area contributed by atoms with E-state index in [0.717, 1.165) is 71.9 Å². The van der Waals surface area contributed by atoms with Gasteiger partial charge in [-0.2, -0.15) is 9.40 Å². The number of aryl methyl sites for hydroxylation is 1. The third kappa shape index (κ3) is 7.46. The van der Waals surface area contributed by atoms with Crippen LogP contribution in [-0.4, -0.2) is 112 Å². The molecule has 268 valence electrons. The van der Waals surface area contributed by atoms with Crippen molar-refractivity contribution in [3.63, 3.8) is 0 Å². The molecule has 0 unspecified atom stereocenters. The fourth-order valence-electron chi connectivity index (χ4n) is 7.62. The number of rotatable bonds is 12. The number of hydrogen-bond donors (Lipinski definition) is 3. The summed E-state index contributed by atoms with van der Waals surface area (Å²) in [5, 5.41) is 28.2. The quantitative estimate of drug-likeness (QED) is 0.305. The fourth-order valence-corrected chi connectivity index (χ4v) is 8.78. The van der Waals surface area contributed by atoms with Gasteiger partial charge in [0.25, 0.3) is 0 Å². The Morgan fingerprint density at radius 2 is 1.73 bits per heavy atom. The van der Waals surface area contributed by atoms with Crippen LogP contribution in [0.4, 0.5) is 0 Å². The number of sulfonamides is 1. The number of halogens is 1. The number of nitrogens with one attached hydrogen (secondary N) is 1. The van der Waals surface area contributed by atoms with Crippen molar-refractivity contribution in [2.45, 2.75) is 108 Å². The molecule has 12 nitrogen and oxygen atoms in total. The van der Waals surface area contributed by atoms with Crippen LogP contribution in [0.2, 0.25) is 0 Å². The predicted octanol–water partition coefficient (Wildman–Crippen LogP) is 2.93. The molecule has 2 aromatic rings. The van der Waals surface area contributed by atoms with E-state index >= 15 is 0 Å². The van der Waals surface area contributed by atoms with Gasteiger partial charge >= 0.3 is 0 Å². The molecule has 2 aliphatic heterocycles. The van der Waals surface area contributed by atoms with E-state index < -0.39 is 27.7 Å². The number of aliphatic hydroxyl groups excluding tert-OH is 2. The number of likely N-dealkylation sites (tertiary alicyclic amines) is 1. The Hall–Kier alpha value is -2.55. The number of piperazine rings is 1. The van der Waals surface area contributed by atoms with E-state index in [-0.39, 0.29) is 48.2 Å². The number of hydrogen-bond acceptors (Lipinski definition) is 8. The zero-order chi connectivity index (χ0) is 33.9. The van der Waals surface area contributed by atoms with Gasteiger partial charge in [-0.3, -0.25) is 14.5 Å². The van der Waals surface area contributed by atoms with Gasteiger partial charge in [0.2, 0.25) is 21.8 Å². The molecule has 48 heavy (non-hydrogen) atoms. The molecule has 1 aliphatic carbocycles. The summed E-state index contributed by atoms with van der Waals surface area (Å²) in [6.45, 7) is 8.23. The molecule has 0 radical (unpaired) electrons. The highest BCUT2D eigenvalue weighted by Gasteiger charge is 2.55. The molecule has 3 N–H and O–H groups in total. The van der Waals surface area contributed by atoms with Gasteiger partial charge in [0, 0.05) is 51.0 Å². The van der Waals surface area contributed by atoms with Crippen molar-refractivity contribution >= 4 is 34.2 Å². The molecule has 2 atom stereocenters. The first kappa shape index (κ1) is 38.3. The number of benzene rings is 1. The summed E-state index contributed by atoms with van der Waals surface area (Å²) < 4.78 is 28.5. The maximum Gasteiger partial charge on any atom is 0.248 e. The van der Waals surface area contributed by atoms with Crippen LogP contribution in [0.5, 0.6) is 0 Å². The number of unbranched alkanes of at least 4 members (excludes halogenated alkanes) is 1. The normalized spacial score (nSPS) is 21.4. The Bertz CT molecular complexity index is 1520. The molecule has 1 saturated carbocycles. The molecule has 2 amide bonds. The first-order valence-electron chi connectivity index (χ1n) is 17.2. The third-order valence-electron chi connectivity index (χ3n) is 10.7. The number of likely N-dealkylation sites (N-methyl/N-ethyl adjacent to an activating group) is 1. The lowest BCUT2D eigenvalue weighted by atomic mass is 9.78. The smallest absolute Gasteiger partial charge is 0.248 e. The summed E-state index contributed by atoms with van der Waals surface area (Å²) in [5.74, 6) is -0.240. The summed E-state index contributed by atoms with van der Waals surface area (Å²) in [4.78, 5) is 32.1. The van der Waals surface area contributed by atoms with Crippen molar-refractivity contribution in [1.29, 1.82) is 0 Å². The van der Waals surface area contributed by atoms with Crippen molar-refractivity contribution in [2.75, 3.05) is 39.8 Å². The minimum Gasteiger partial charge on any atom is -0.395 e. The van der Waals surface area contributed by atoms with Gasteiger partial charge in [-0.25, -0.2) is 13.1 Å². The lowest BCUT2D eigenvalue weighted by molar-refractivity contribution is -0.166. The Morgan fingerprint density at radius 1 is 1.08 bits per heavy atom. The third-order valence-corrected chi connectivity index (χ3v) is 12.5. The van der Waals surface area contributed by atoms with E-state index in [1.54, 1.807) is 24.3 Å². The zero-order valence-corrected chi connectivity index (χ0v) is 30.4. The van der Waals surface area contributed by atoms with Crippen LogP contribution in [-0.2, 0) is 26.2 Å². The first-order chi connectivity index (χ1) is 22.4. The summed E-state index contributed by atoms with van der Waals surface area (Å²) >= 11 is 0. The highest BCUT2D eigenvalue weighted by Crippen LogP contribution is 2.37. The van der Waals surface area contributed by atoms with E-state index in [9.17, 15) is 23.1 Å². The number of carbonyl (C=O) groups is 2. The second kappa shape index (κ2) is 16.0. The molecule has 1 aromatic carbocycles. The van der Waals surface area contributed by atoms with Crippen LogP contribution in [0, 0.1) is 19.8 Å². The fraction of sp³-hybridized carbons (Fsp3) is 0.676. The Morgan fingerprint density at radius 3 is 2.33 bits per heavy atom.